The molecule has 0 radical (unpaired) electrons. The minimum Gasteiger partial charge on any atom is -0.347 e. The van der Waals surface area contributed by atoms with Crippen LogP contribution in [-0.4, -0.2) is 9.97 Å². The third kappa shape index (κ3) is 2.87. The van der Waals surface area contributed by atoms with E-state index in [1.165, 1.54) is 11.3 Å². The van der Waals surface area contributed by atoms with Crippen molar-refractivity contribution in [3.05, 3.63) is 56.0 Å². The largest absolute Gasteiger partial charge is 0.347 e. The second-order valence-corrected chi connectivity index (χ2v) is 5.45. The Hall–Kier alpha value is -1.00. The Balaban J connectivity index is 2.39. The number of aromatic nitrogens is 2. The van der Waals surface area contributed by atoms with E-state index in [4.69, 9.17) is 12.2 Å². The molecule has 0 aliphatic heterocycles. The van der Waals surface area contributed by atoms with E-state index in [0.29, 0.717) is 4.64 Å². The smallest absolute Gasteiger partial charge is 0.132 e. The van der Waals surface area contributed by atoms with Gasteiger partial charge in [0.2, 0.25) is 0 Å². The Labute approximate surface area is 121 Å². The van der Waals surface area contributed by atoms with Crippen LogP contribution in [0.4, 0.5) is 0 Å². The number of halogens is 1. The van der Waals surface area contributed by atoms with Crippen molar-refractivity contribution in [1.82, 2.24) is 9.97 Å². The minimum atomic E-state index is 0.702. The maximum Gasteiger partial charge on any atom is 0.132 e. The first-order valence-corrected chi connectivity index (χ1v) is 7.14. The van der Waals surface area contributed by atoms with Gasteiger partial charge in [0.15, 0.2) is 0 Å². The Morgan fingerprint density at radius 3 is 2.72 bits per heavy atom. The number of nitrogens with one attached hydrogen (secondary N) is 1. The number of rotatable bonds is 3. The summed E-state index contributed by atoms with van der Waals surface area (Å²) in [5.41, 5.74) is 3.47. The second-order valence-electron chi connectivity index (χ2n) is 4.21. The summed E-state index contributed by atoms with van der Waals surface area (Å²) in [6.07, 6.45) is 1.71. The van der Waals surface area contributed by atoms with Crippen LogP contribution in [0.15, 0.2) is 28.7 Å². The third-order valence-electron chi connectivity index (χ3n) is 2.97. The Bertz CT molecular complexity index is 619. The lowest BCUT2D eigenvalue weighted by Crippen LogP contribution is -2.03. The highest BCUT2D eigenvalue weighted by molar-refractivity contribution is 9.10. The van der Waals surface area contributed by atoms with E-state index in [9.17, 15) is 0 Å². The molecule has 0 saturated heterocycles. The molecule has 1 heterocycles. The fourth-order valence-electron chi connectivity index (χ4n) is 1.89. The SMILES string of the molecule is CCc1[nH]c(Cc2ccccc2Br)nc(=S)c1C. The summed E-state index contributed by atoms with van der Waals surface area (Å²) in [6, 6.07) is 8.17. The number of H-pyrrole nitrogens is 1. The molecule has 0 amide bonds. The Morgan fingerprint density at radius 1 is 1.33 bits per heavy atom. The van der Waals surface area contributed by atoms with Crippen molar-refractivity contribution in [3.63, 3.8) is 0 Å². The van der Waals surface area contributed by atoms with E-state index >= 15 is 0 Å². The van der Waals surface area contributed by atoms with Crippen LogP contribution in [0, 0.1) is 11.6 Å². The van der Waals surface area contributed by atoms with Gasteiger partial charge in [-0.25, -0.2) is 4.98 Å². The molecule has 18 heavy (non-hydrogen) atoms. The number of aromatic amines is 1. The maximum absolute atomic E-state index is 5.30. The van der Waals surface area contributed by atoms with E-state index in [-0.39, 0.29) is 0 Å². The van der Waals surface area contributed by atoms with E-state index in [2.05, 4.69) is 38.9 Å². The highest BCUT2D eigenvalue weighted by Gasteiger charge is 2.06. The van der Waals surface area contributed by atoms with Gasteiger partial charge in [-0.1, -0.05) is 53.3 Å². The van der Waals surface area contributed by atoms with E-state index in [1.807, 2.05) is 25.1 Å². The molecule has 0 bridgehead atoms. The van der Waals surface area contributed by atoms with Crippen LogP contribution in [0.2, 0.25) is 0 Å². The molecule has 1 aromatic carbocycles. The normalized spacial score (nSPS) is 10.6. The van der Waals surface area contributed by atoms with E-state index in [0.717, 1.165) is 28.7 Å². The summed E-state index contributed by atoms with van der Waals surface area (Å²) >= 11 is 8.86. The fourth-order valence-corrected chi connectivity index (χ4v) is 2.55. The number of nitrogens with zero attached hydrogens (tertiary/aromatic N) is 1. The molecule has 0 saturated carbocycles. The summed E-state index contributed by atoms with van der Waals surface area (Å²) in [5, 5.41) is 0. The third-order valence-corrected chi connectivity index (χ3v) is 4.15. The lowest BCUT2D eigenvalue weighted by atomic mass is 10.1. The predicted octanol–water partition coefficient (Wildman–Crippen LogP) is 4.36. The van der Waals surface area contributed by atoms with Gasteiger partial charge in [-0.2, -0.15) is 0 Å². The van der Waals surface area contributed by atoms with Crippen molar-refractivity contribution < 1.29 is 0 Å². The second kappa shape index (κ2) is 5.76. The van der Waals surface area contributed by atoms with Crippen LogP contribution in [-0.2, 0) is 12.8 Å². The van der Waals surface area contributed by atoms with Gasteiger partial charge < -0.3 is 4.98 Å². The number of hydrogen-bond acceptors (Lipinski definition) is 2. The zero-order chi connectivity index (χ0) is 13.1. The Kier molecular flexibility index (Phi) is 4.30. The highest BCUT2D eigenvalue weighted by atomic mass is 79.9. The van der Waals surface area contributed by atoms with Crippen LogP contribution in [0.25, 0.3) is 0 Å². The molecule has 0 atom stereocenters. The summed E-state index contributed by atoms with van der Waals surface area (Å²) in [4.78, 5) is 7.84. The van der Waals surface area contributed by atoms with Crippen molar-refractivity contribution in [1.29, 1.82) is 0 Å². The fraction of sp³-hybridized carbons (Fsp3) is 0.286. The van der Waals surface area contributed by atoms with Crippen LogP contribution in [0.1, 0.15) is 29.6 Å². The summed E-state index contributed by atoms with van der Waals surface area (Å²) < 4.78 is 1.80. The first-order valence-electron chi connectivity index (χ1n) is 5.94. The molecule has 4 heteroatoms. The summed E-state index contributed by atoms with van der Waals surface area (Å²) in [5.74, 6) is 0.925. The van der Waals surface area contributed by atoms with Gasteiger partial charge >= 0.3 is 0 Å². The van der Waals surface area contributed by atoms with Gasteiger partial charge in [-0.15, -0.1) is 0 Å². The molecule has 94 valence electrons. The van der Waals surface area contributed by atoms with Gasteiger partial charge in [0, 0.05) is 22.2 Å². The predicted molar refractivity (Wildman–Crippen MR) is 80.5 cm³/mol. The Morgan fingerprint density at radius 2 is 2.06 bits per heavy atom. The topological polar surface area (TPSA) is 28.7 Å². The molecule has 2 aromatic rings. The van der Waals surface area contributed by atoms with Crippen LogP contribution in [0.3, 0.4) is 0 Å². The van der Waals surface area contributed by atoms with E-state index in [1.54, 1.807) is 0 Å². The van der Waals surface area contributed by atoms with Crippen molar-refractivity contribution in [2.24, 2.45) is 0 Å². The zero-order valence-electron chi connectivity index (χ0n) is 10.5. The van der Waals surface area contributed by atoms with Gasteiger partial charge in [-0.05, 0) is 25.0 Å². The van der Waals surface area contributed by atoms with Crippen molar-refractivity contribution in [2.75, 3.05) is 0 Å². The quantitative estimate of drug-likeness (QED) is 0.850. The molecule has 0 unspecified atom stereocenters. The molecule has 2 rings (SSSR count). The zero-order valence-corrected chi connectivity index (χ0v) is 12.9. The standard InChI is InChI=1S/C14H15BrN2S/c1-3-12-9(2)14(18)17-13(16-12)8-10-6-4-5-7-11(10)15/h4-7H,3,8H2,1-2H3,(H,16,17,18). The minimum absolute atomic E-state index is 0.702. The molecular weight excluding hydrogens is 308 g/mol. The molecule has 0 aliphatic rings. The molecule has 2 nitrogen and oxygen atoms in total. The number of hydrogen-bond donors (Lipinski definition) is 1. The molecule has 0 fully saturated rings. The lowest BCUT2D eigenvalue weighted by molar-refractivity contribution is 0.879. The van der Waals surface area contributed by atoms with Crippen LogP contribution < -0.4 is 0 Å². The van der Waals surface area contributed by atoms with Crippen LogP contribution in [0.5, 0.6) is 0 Å². The van der Waals surface area contributed by atoms with Gasteiger partial charge in [0.05, 0.1) is 0 Å². The van der Waals surface area contributed by atoms with E-state index < -0.39 is 0 Å². The van der Waals surface area contributed by atoms with Gasteiger partial charge in [0.1, 0.15) is 10.5 Å². The molecular formula is C14H15BrN2S. The average molecular weight is 323 g/mol. The molecule has 0 spiro atoms. The van der Waals surface area contributed by atoms with Crippen molar-refractivity contribution in [2.45, 2.75) is 26.7 Å². The lowest BCUT2D eigenvalue weighted by Gasteiger charge is -2.08. The highest BCUT2D eigenvalue weighted by Crippen LogP contribution is 2.19. The summed E-state index contributed by atoms with van der Waals surface area (Å²) in [6.45, 7) is 4.14. The molecule has 1 N–H and O–H groups in total. The maximum atomic E-state index is 5.30. The van der Waals surface area contributed by atoms with Crippen LogP contribution >= 0.6 is 28.1 Å². The summed E-state index contributed by atoms with van der Waals surface area (Å²) in [7, 11) is 0. The average Bonchev–Trinajstić information content (AvgIpc) is 2.36. The number of benzene rings is 1. The monoisotopic (exact) mass is 322 g/mol. The first-order chi connectivity index (χ1) is 8.61. The molecule has 0 aliphatic carbocycles. The number of aryl methyl sites for hydroxylation is 1. The van der Waals surface area contributed by atoms with Gasteiger partial charge in [-0.3, -0.25) is 0 Å². The van der Waals surface area contributed by atoms with Crippen molar-refractivity contribution >= 4 is 28.1 Å². The molecule has 1 aromatic heterocycles. The van der Waals surface area contributed by atoms with Crippen molar-refractivity contribution in [3.8, 4) is 0 Å². The van der Waals surface area contributed by atoms with Gasteiger partial charge in [0.25, 0.3) is 0 Å². The first kappa shape index (κ1) is 13.4.